The van der Waals surface area contributed by atoms with E-state index in [1.807, 2.05) is 11.8 Å². The predicted molar refractivity (Wildman–Crippen MR) is 75.2 cm³/mol. The van der Waals surface area contributed by atoms with Gasteiger partial charge in [0, 0.05) is 18.5 Å². The van der Waals surface area contributed by atoms with Gasteiger partial charge in [0.05, 0.1) is 0 Å². The van der Waals surface area contributed by atoms with Gasteiger partial charge in [-0.3, -0.25) is 4.79 Å². The molecule has 3 N–H and O–H groups in total. The third-order valence-corrected chi connectivity index (χ3v) is 4.91. The quantitative estimate of drug-likeness (QED) is 0.767. The second kappa shape index (κ2) is 7.27. The Balaban J connectivity index is 2.24. The molecule has 0 aromatic carbocycles. The predicted octanol–water partition coefficient (Wildman–Crippen LogP) is 2.15. The maximum Gasteiger partial charge on any atom is 0.220 e. The molecule has 1 aliphatic rings. The Kier molecular flexibility index (Phi) is 6.34. The van der Waals surface area contributed by atoms with Crippen LogP contribution in [0.2, 0.25) is 0 Å². The molecular formula is C13H26N2OS. The van der Waals surface area contributed by atoms with Crippen molar-refractivity contribution in [2.75, 3.05) is 18.1 Å². The summed E-state index contributed by atoms with van der Waals surface area (Å²) in [6, 6.07) is 0. The van der Waals surface area contributed by atoms with Gasteiger partial charge in [0.15, 0.2) is 0 Å². The molecule has 0 radical (unpaired) electrons. The summed E-state index contributed by atoms with van der Waals surface area (Å²) in [6.45, 7) is 4.77. The minimum absolute atomic E-state index is 0.179. The molecule has 1 aliphatic heterocycles. The molecule has 0 aliphatic carbocycles. The van der Waals surface area contributed by atoms with Crippen LogP contribution in [0.15, 0.2) is 0 Å². The highest BCUT2D eigenvalue weighted by Crippen LogP contribution is 2.25. The Bertz CT molecular complexity index is 236. The van der Waals surface area contributed by atoms with Crippen molar-refractivity contribution >= 4 is 17.7 Å². The fraction of sp³-hybridized carbons (Fsp3) is 0.923. The first-order chi connectivity index (χ1) is 8.09. The average molecular weight is 258 g/mol. The maximum atomic E-state index is 11.8. The van der Waals surface area contributed by atoms with E-state index >= 15 is 0 Å². The Labute approximate surface area is 109 Å². The molecule has 3 nitrogen and oxygen atoms in total. The molecule has 0 unspecified atom stereocenters. The van der Waals surface area contributed by atoms with Crippen molar-refractivity contribution in [1.29, 1.82) is 0 Å². The summed E-state index contributed by atoms with van der Waals surface area (Å²) in [4.78, 5) is 11.8. The number of amides is 1. The lowest BCUT2D eigenvalue weighted by Crippen LogP contribution is -2.49. The number of hydrogen-bond acceptors (Lipinski definition) is 3. The summed E-state index contributed by atoms with van der Waals surface area (Å²) < 4.78 is 0. The Morgan fingerprint density at radius 1 is 1.35 bits per heavy atom. The largest absolute Gasteiger partial charge is 0.354 e. The fourth-order valence-electron chi connectivity index (χ4n) is 2.06. The topological polar surface area (TPSA) is 55.1 Å². The number of carbonyl (C=O) groups is 1. The van der Waals surface area contributed by atoms with E-state index in [1.54, 1.807) is 0 Å². The van der Waals surface area contributed by atoms with Crippen molar-refractivity contribution in [3.63, 3.8) is 0 Å². The van der Waals surface area contributed by atoms with Crippen molar-refractivity contribution in [2.45, 2.75) is 51.5 Å². The number of carbonyl (C=O) groups excluding carboxylic acids is 1. The van der Waals surface area contributed by atoms with Gasteiger partial charge in [-0.05, 0) is 43.1 Å². The minimum Gasteiger partial charge on any atom is -0.354 e. The van der Waals surface area contributed by atoms with E-state index in [0.29, 0.717) is 18.9 Å². The molecule has 0 aromatic heterocycles. The van der Waals surface area contributed by atoms with Crippen LogP contribution in [0.25, 0.3) is 0 Å². The normalized spacial score (nSPS) is 18.1. The van der Waals surface area contributed by atoms with E-state index in [-0.39, 0.29) is 11.4 Å². The first-order valence-electron chi connectivity index (χ1n) is 6.73. The van der Waals surface area contributed by atoms with Gasteiger partial charge in [-0.25, -0.2) is 0 Å². The van der Waals surface area contributed by atoms with Gasteiger partial charge < -0.3 is 11.1 Å². The SMILES string of the molecule is CCC(N)(CC)CNC(=O)CC1CCSCC1. The summed E-state index contributed by atoms with van der Waals surface area (Å²) in [5.41, 5.74) is 5.94. The highest BCUT2D eigenvalue weighted by Gasteiger charge is 2.22. The summed E-state index contributed by atoms with van der Waals surface area (Å²) in [5, 5.41) is 3.00. The maximum absolute atomic E-state index is 11.8. The standard InChI is InChI=1S/C13H26N2OS/c1-3-13(14,4-2)10-15-12(16)9-11-5-7-17-8-6-11/h11H,3-10,14H2,1-2H3,(H,15,16). The van der Waals surface area contributed by atoms with Crippen LogP contribution in [0.4, 0.5) is 0 Å². The molecule has 100 valence electrons. The average Bonchev–Trinajstić information content (AvgIpc) is 2.37. The molecule has 17 heavy (non-hydrogen) atoms. The molecule has 1 saturated heterocycles. The molecule has 4 heteroatoms. The minimum atomic E-state index is -0.224. The van der Waals surface area contributed by atoms with E-state index in [4.69, 9.17) is 5.73 Å². The number of nitrogens with one attached hydrogen (secondary N) is 1. The molecular weight excluding hydrogens is 232 g/mol. The van der Waals surface area contributed by atoms with E-state index in [1.165, 1.54) is 24.3 Å². The van der Waals surface area contributed by atoms with Gasteiger partial charge in [0.25, 0.3) is 0 Å². The van der Waals surface area contributed by atoms with Gasteiger partial charge in [0.2, 0.25) is 5.91 Å². The van der Waals surface area contributed by atoms with Gasteiger partial charge in [-0.2, -0.15) is 11.8 Å². The molecule has 0 bridgehead atoms. The third-order valence-electron chi connectivity index (χ3n) is 3.86. The van der Waals surface area contributed by atoms with Crippen LogP contribution in [-0.4, -0.2) is 29.5 Å². The summed E-state index contributed by atoms with van der Waals surface area (Å²) in [6.07, 6.45) is 4.87. The first-order valence-corrected chi connectivity index (χ1v) is 7.88. The monoisotopic (exact) mass is 258 g/mol. The third kappa shape index (κ3) is 5.30. The van der Waals surface area contributed by atoms with Crippen LogP contribution in [0.3, 0.4) is 0 Å². The summed E-state index contributed by atoms with van der Waals surface area (Å²) in [5.74, 6) is 3.19. The van der Waals surface area contributed by atoms with Crippen LogP contribution in [0.1, 0.15) is 46.0 Å². The van der Waals surface area contributed by atoms with Gasteiger partial charge in [0.1, 0.15) is 0 Å². The number of nitrogens with two attached hydrogens (primary N) is 1. The van der Waals surface area contributed by atoms with Crippen molar-refractivity contribution in [1.82, 2.24) is 5.32 Å². The number of rotatable bonds is 6. The smallest absolute Gasteiger partial charge is 0.220 e. The van der Waals surface area contributed by atoms with E-state index in [9.17, 15) is 4.79 Å². The molecule has 0 aromatic rings. The van der Waals surface area contributed by atoms with Crippen molar-refractivity contribution in [2.24, 2.45) is 11.7 Å². The summed E-state index contributed by atoms with van der Waals surface area (Å²) >= 11 is 2.00. The first kappa shape index (κ1) is 14.8. The summed E-state index contributed by atoms with van der Waals surface area (Å²) in [7, 11) is 0. The number of thioether (sulfide) groups is 1. The van der Waals surface area contributed by atoms with Gasteiger partial charge >= 0.3 is 0 Å². The highest BCUT2D eigenvalue weighted by atomic mass is 32.2. The second-order valence-corrected chi connectivity index (χ2v) is 6.33. The molecule has 1 fully saturated rings. The lowest BCUT2D eigenvalue weighted by Gasteiger charge is -2.27. The molecule has 1 rings (SSSR count). The zero-order chi connectivity index (χ0) is 12.7. The second-order valence-electron chi connectivity index (χ2n) is 5.11. The number of hydrogen-bond donors (Lipinski definition) is 2. The molecule has 0 spiro atoms. The van der Waals surface area contributed by atoms with E-state index in [0.717, 1.165) is 12.8 Å². The van der Waals surface area contributed by atoms with Gasteiger partial charge in [-0.15, -0.1) is 0 Å². The lowest BCUT2D eigenvalue weighted by molar-refractivity contribution is -0.122. The van der Waals surface area contributed by atoms with Crippen molar-refractivity contribution < 1.29 is 4.79 Å². The Morgan fingerprint density at radius 2 is 1.94 bits per heavy atom. The van der Waals surface area contributed by atoms with Crippen LogP contribution in [-0.2, 0) is 4.79 Å². The zero-order valence-electron chi connectivity index (χ0n) is 11.1. The van der Waals surface area contributed by atoms with E-state index < -0.39 is 0 Å². The zero-order valence-corrected chi connectivity index (χ0v) is 11.9. The molecule has 0 atom stereocenters. The van der Waals surface area contributed by atoms with Crippen LogP contribution < -0.4 is 11.1 Å². The van der Waals surface area contributed by atoms with Crippen molar-refractivity contribution in [3.05, 3.63) is 0 Å². The van der Waals surface area contributed by atoms with E-state index in [2.05, 4.69) is 19.2 Å². The van der Waals surface area contributed by atoms with Crippen molar-refractivity contribution in [3.8, 4) is 0 Å². The molecule has 0 saturated carbocycles. The van der Waals surface area contributed by atoms with Crippen LogP contribution in [0, 0.1) is 5.92 Å². The fourth-order valence-corrected chi connectivity index (χ4v) is 3.26. The lowest BCUT2D eigenvalue weighted by atomic mass is 9.93. The van der Waals surface area contributed by atoms with Crippen LogP contribution in [0.5, 0.6) is 0 Å². The highest BCUT2D eigenvalue weighted by molar-refractivity contribution is 7.99. The Hall–Kier alpha value is -0.220. The molecule has 1 heterocycles. The molecule has 1 amide bonds. The van der Waals surface area contributed by atoms with Crippen LogP contribution >= 0.6 is 11.8 Å². The van der Waals surface area contributed by atoms with Gasteiger partial charge in [-0.1, -0.05) is 13.8 Å². The Morgan fingerprint density at radius 3 is 2.47 bits per heavy atom.